The van der Waals surface area contributed by atoms with Gasteiger partial charge in [0.25, 0.3) is 5.91 Å². The first-order chi connectivity index (χ1) is 14.8. The van der Waals surface area contributed by atoms with Gasteiger partial charge in [-0.05, 0) is 20.3 Å². The van der Waals surface area contributed by atoms with Gasteiger partial charge in [0.2, 0.25) is 5.95 Å². The van der Waals surface area contributed by atoms with Gasteiger partial charge >= 0.3 is 11.9 Å². The van der Waals surface area contributed by atoms with Crippen LogP contribution < -0.4 is 5.32 Å². The molecule has 0 fully saturated rings. The molecule has 0 unspecified atom stereocenters. The van der Waals surface area contributed by atoms with Crippen molar-refractivity contribution in [1.29, 1.82) is 0 Å². The van der Waals surface area contributed by atoms with E-state index < -0.39 is 11.9 Å². The maximum atomic E-state index is 12.3. The minimum atomic E-state index is -0.500. The van der Waals surface area contributed by atoms with Gasteiger partial charge in [-0.3, -0.25) is 14.9 Å². The molecule has 12 heteroatoms. The molecule has 2 aromatic rings. The second-order valence-corrected chi connectivity index (χ2v) is 8.06. The zero-order valence-electron chi connectivity index (χ0n) is 17.4. The van der Waals surface area contributed by atoms with Gasteiger partial charge in [-0.25, -0.2) is 19.7 Å². The topological polar surface area (TPSA) is 124 Å². The maximum absolute atomic E-state index is 12.3. The van der Waals surface area contributed by atoms with Crippen molar-refractivity contribution in [3.8, 4) is 0 Å². The number of aromatic nitrogens is 3. The fourth-order valence-corrected chi connectivity index (χ4v) is 4.18. The van der Waals surface area contributed by atoms with E-state index in [1.165, 1.54) is 6.92 Å². The second-order valence-electron chi connectivity index (χ2n) is 6.70. The summed E-state index contributed by atoms with van der Waals surface area (Å²) in [6.07, 6.45) is 0.965. The summed E-state index contributed by atoms with van der Waals surface area (Å²) < 4.78 is 9.83. The van der Waals surface area contributed by atoms with Crippen molar-refractivity contribution in [3.63, 3.8) is 0 Å². The number of anilines is 2. The Morgan fingerprint density at radius 3 is 2.61 bits per heavy atom. The van der Waals surface area contributed by atoms with Gasteiger partial charge in [-0.2, -0.15) is 0 Å². The van der Waals surface area contributed by atoms with Gasteiger partial charge in [0.15, 0.2) is 11.7 Å². The highest BCUT2D eigenvalue weighted by molar-refractivity contribution is 7.17. The largest absolute Gasteiger partial charge is 0.462 e. The van der Waals surface area contributed by atoms with E-state index >= 15 is 0 Å². The Kier molecular flexibility index (Phi) is 7.39. The fraction of sp³-hybridized carbons (Fsp3) is 0.474. The van der Waals surface area contributed by atoms with Crippen LogP contribution in [-0.4, -0.2) is 64.0 Å². The Morgan fingerprint density at radius 2 is 1.90 bits per heavy atom. The molecule has 0 aliphatic carbocycles. The molecule has 1 aliphatic rings. The quantitative estimate of drug-likeness (QED) is 0.503. The summed E-state index contributed by atoms with van der Waals surface area (Å²) in [5.41, 5.74) is 2.05. The zero-order valence-corrected chi connectivity index (χ0v) is 18.9. The van der Waals surface area contributed by atoms with Crippen LogP contribution >= 0.6 is 22.9 Å². The molecule has 166 valence electrons. The molecule has 1 N–H and O–H groups in total. The van der Waals surface area contributed by atoms with Gasteiger partial charge in [0, 0.05) is 32.0 Å². The number of fused-ring (bicyclic) bond motifs is 1. The third-order valence-corrected chi connectivity index (χ3v) is 5.89. The highest BCUT2D eigenvalue weighted by Crippen LogP contribution is 2.28. The molecule has 31 heavy (non-hydrogen) atoms. The molecule has 2 aromatic heterocycles. The number of carbonyl (C=O) groups is 3. The number of hydrogen-bond donors (Lipinski definition) is 1. The van der Waals surface area contributed by atoms with Gasteiger partial charge in [-0.1, -0.05) is 22.9 Å². The van der Waals surface area contributed by atoms with Crippen LogP contribution in [0.2, 0.25) is 5.15 Å². The molecule has 0 saturated carbocycles. The zero-order chi connectivity index (χ0) is 22.5. The molecule has 0 radical (unpaired) electrons. The number of aryl methyl sites for hydroxylation is 1. The van der Waals surface area contributed by atoms with Crippen LogP contribution in [0.25, 0.3) is 0 Å². The van der Waals surface area contributed by atoms with Crippen molar-refractivity contribution in [1.82, 2.24) is 19.9 Å². The van der Waals surface area contributed by atoms with E-state index in [2.05, 4.69) is 20.3 Å². The van der Waals surface area contributed by atoms with Crippen molar-refractivity contribution in [3.05, 3.63) is 27.0 Å². The Bertz CT molecular complexity index is 1010. The summed E-state index contributed by atoms with van der Waals surface area (Å²) in [6, 6.07) is 0. The molecule has 1 aliphatic heterocycles. The third kappa shape index (κ3) is 5.67. The molecule has 3 rings (SSSR count). The normalized spacial score (nSPS) is 13.2. The number of rotatable bonds is 6. The number of hydrogen-bond acceptors (Lipinski definition) is 10. The van der Waals surface area contributed by atoms with Gasteiger partial charge in [0.1, 0.15) is 10.0 Å². The summed E-state index contributed by atoms with van der Waals surface area (Å²) in [6.45, 7) is 5.56. The number of halogens is 1. The van der Waals surface area contributed by atoms with Crippen molar-refractivity contribution < 1.29 is 23.9 Å². The fourth-order valence-electron chi connectivity index (χ4n) is 3.05. The third-order valence-electron chi connectivity index (χ3n) is 4.52. The first kappa shape index (κ1) is 22.9. The highest BCUT2D eigenvalue weighted by atomic mass is 35.5. The van der Waals surface area contributed by atoms with Crippen LogP contribution in [0, 0.1) is 6.92 Å². The maximum Gasteiger partial charge on any atom is 0.350 e. The van der Waals surface area contributed by atoms with E-state index in [9.17, 15) is 14.4 Å². The van der Waals surface area contributed by atoms with Crippen LogP contribution in [0.1, 0.15) is 40.5 Å². The van der Waals surface area contributed by atoms with Crippen molar-refractivity contribution in [2.24, 2.45) is 0 Å². The van der Waals surface area contributed by atoms with Crippen LogP contribution in [0.3, 0.4) is 0 Å². The summed E-state index contributed by atoms with van der Waals surface area (Å²) in [5, 5.41) is 3.74. The number of nitrogens with one attached hydrogen (secondary N) is 1. The molecule has 0 saturated heterocycles. The van der Waals surface area contributed by atoms with Crippen LogP contribution in [-0.2, 0) is 31.9 Å². The average molecular weight is 468 g/mol. The predicted molar refractivity (Wildman–Crippen MR) is 114 cm³/mol. The van der Waals surface area contributed by atoms with Crippen molar-refractivity contribution in [2.45, 2.75) is 33.6 Å². The van der Waals surface area contributed by atoms with Crippen LogP contribution in [0.4, 0.5) is 11.1 Å². The Morgan fingerprint density at radius 1 is 1.16 bits per heavy atom. The van der Waals surface area contributed by atoms with Crippen molar-refractivity contribution >= 4 is 51.9 Å². The molecular formula is C19H22ClN5O5S. The van der Waals surface area contributed by atoms with E-state index in [0.717, 1.165) is 22.6 Å². The summed E-state index contributed by atoms with van der Waals surface area (Å²) in [7, 11) is 0. The SMILES string of the molecule is CCOC(=O)c1sc(Nc2nc(Cl)c3c(n2)CCN(C(=O)COC(C)=O)CC3)nc1C. The van der Waals surface area contributed by atoms with E-state index in [-0.39, 0.29) is 25.1 Å². The van der Waals surface area contributed by atoms with E-state index in [1.54, 1.807) is 18.7 Å². The minimum absolute atomic E-state index is 0.257. The molecule has 1 amide bonds. The number of thiazole rings is 1. The lowest BCUT2D eigenvalue weighted by Gasteiger charge is -2.19. The number of amides is 1. The lowest BCUT2D eigenvalue weighted by molar-refractivity contribution is -0.150. The predicted octanol–water partition coefficient (Wildman–Crippen LogP) is 2.31. The summed E-state index contributed by atoms with van der Waals surface area (Å²) >= 11 is 7.54. The Labute approximate surface area is 187 Å². The Hall–Kier alpha value is -2.79. The standard InChI is InChI=1S/C19H22ClN5O5S/c1-4-29-17(28)15-10(2)21-19(31-15)24-18-22-13-6-8-25(14(27)9-30-11(3)26)7-5-12(13)16(20)23-18/h4-9H2,1-3H3,(H,21,22,23,24). The first-order valence-electron chi connectivity index (χ1n) is 9.66. The van der Waals surface area contributed by atoms with E-state index in [4.69, 9.17) is 21.1 Å². The van der Waals surface area contributed by atoms with E-state index in [0.29, 0.717) is 46.8 Å². The highest BCUT2D eigenvalue weighted by Gasteiger charge is 2.23. The number of ether oxygens (including phenoxy) is 2. The minimum Gasteiger partial charge on any atom is -0.462 e. The monoisotopic (exact) mass is 467 g/mol. The average Bonchev–Trinajstić information content (AvgIpc) is 2.93. The summed E-state index contributed by atoms with van der Waals surface area (Å²) in [5.74, 6) is -0.938. The number of nitrogens with zero attached hydrogens (tertiary/aromatic N) is 4. The van der Waals surface area contributed by atoms with Crippen LogP contribution in [0.15, 0.2) is 0 Å². The van der Waals surface area contributed by atoms with Crippen LogP contribution in [0.5, 0.6) is 0 Å². The summed E-state index contributed by atoms with van der Waals surface area (Å²) in [4.78, 5) is 50.4. The molecule has 0 bridgehead atoms. The lowest BCUT2D eigenvalue weighted by atomic mass is 10.1. The molecule has 0 aromatic carbocycles. The molecule has 0 atom stereocenters. The Balaban J connectivity index is 1.73. The lowest BCUT2D eigenvalue weighted by Crippen LogP contribution is -2.36. The molecular weight excluding hydrogens is 446 g/mol. The molecule has 0 spiro atoms. The number of esters is 2. The van der Waals surface area contributed by atoms with Gasteiger partial charge in [-0.15, -0.1) is 0 Å². The second kappa shape index (κ2) is 10.0. The van der Waals surface area contributed by atoms with E-state index in [1.807, 2.05) is 0 Å². The van der Waals surface area contributed by atoms with Gasteiger partial charge in [0.05, 0.1) is 18.0 Å². The molecule has 10 nitrogen and oxygen atoms in total. The smallest absolute Gasteiger partial charge is 0.350 e. The first-order valence-corrected chi connectivity index (χ1v) is 10.9. The number of carbonyl (C=O) groups excluding carboxylic acids is 3. The van der Waals surface area contributed by atoms with Gasteiger partial charge < -0.3 is 14.4 Å². The molecule has 3 heterocycles. The van der Waals surface area contributed by atoms with Crippen molar-refractivity contribution in [2.75, 3.05) is 31.6 Å².